The van der Waals surface area contributed by atoms with Crippen molar-refractivity contribution in [1.29, 1.82) is 0 Å². The summed E-state index contributed by atoms with van der Waals surface area (Å²) >= 11 is 0. The smallest absolute Gasteiger partial charge is 0.322 e. The van der Waals surface area contributed by atoms with Crippen LogP contribution in [0.1, 0.15) is 21.5 Å². The van der Waals surface area contributed by atoms with Crippen LogP contribution in [-0.2, 0) is 11.3 Å². The monoisotopic (exact) mass is 416 g/mol. The van der Waals surface area contributed by atoms with Gasteiger partial charge in [-0.2, -0.15) is 0 Å². The van der Waals surface area contributed by atoms with Gasteiger partial charge in [0.25, 0.3) is 5.91 Å². The van der Waals surface area contributed by atoms with Crippen LogP contribution in [0.3, 0.4) is 0 Å². The Morgan fingerprint density at radius 3 is 3.00 bits per heavy atom. The zero-order chi connectivity index (χ0) is 21.8. The Labute approximate surface area is 178 Å². The number of hydrogen-bond donors (Lipinski definition) is 3. The average Bonchev–Trinajstić information content (AvgIpc) is 3.37. The Kier molecular flexibility index (Phi) is 5.58. The SMILES string of the molecule is COc1ccc2c(c1)C(=O)N(C[C@@H](C#Cc1cccc3[nH]ccc13)NC(=O)NC=O)C2. The second-order valence-electron chi connectivity index (χ2n) is 7.01. The van der Waals surface area contributed by atoms with Crippen LogP contribution < -0.4 is 15.4 Å². The molecule has 31 heavy (non-hydrogen) atoms. The maximum atomic E-state index is 12.9. The number of aromatic amines is 1. The number of benzene rings is 2. The average molecular weight is 416 g/mol. The summed E-state index contributed by atoms with van der Waals surface area (Å²) in [6, 6.07) is 11.6. The highest BCUT2D eigenvalue weighted by Crippen LogP contribution is 2.26. The molecular weight excluding hydrogens is 396 g/mol. The molecule has 8 heteroatoms. The zero-order valence-electron chi connectivity index (χ0n) is 16.8. The lowest BCUT2D eigenvalue weighted by Gasteiger charge is -2.21. The number of hydrogen-bond acceptors (Lipinski definition) is 4. The lowest BCUT2D eigenvalue weighted by Crippen LogP contribution is -2.46. The molecular formula is C23H20N4O4. The molecule has 0 radical (unpaired) electrons. The number of H-pyrrole nitrogens is 1. The van der Waals surface area contributed by atoms with E-state index in [1.807, 2.05) is 41.8 Å². The van der Waals surface area contributed by atoms with E-state index in [1.165, 1.54) is 0 Å². The van der Waals surface area contributed by atoms with Crippen LogP contribution in [0.15, 0.2) is 48.7 Å². The van der Waals surface area contributed by atoms with Crippen LogP contribution in [0.2, 0.25) is 0 Å². The maximum absolute atomic E-state index is 12.9. The number of nitrogens with zero attached hydrogens (tertiary/aromatic N) is 1. The van der Waals surface area contributed by atoms with Crippen LogP contribution >= 0.6 is 0 Å². The van der Waals surface area contributed by atoms with Crippen molar-refractivity contribution in [3.8, 4) is 17.6 Å². The van der Waals surface area contributed by atoms with E-state index >= 15 is 0 Å². The highest BCUT2D eigenvalue weighted by molar-refractivity contribution is 5.99. The minimum atomic E-state index is -0.686. The first kappa shape index (κ1) is 20.0. The standard InChI is InChI=1S/C23H20N4O4/c1-31-18-8-6-16-12-27(22(29)20(16)11-18)13-17(26-23(30)25-14-28)7-5-15-3-2-4-21-19(15)9-10-24-21/h2-4,6,8-11,14,17,24H,12-13H2,1H3,(H2,25,26,28,30)/t17-/m1/s1. The summed E-state index contributed by atoms with van der Waals surface area (Å²) in [4.78, 5) is 40.2. The number of imide groups is 1. The molecule has 156 valence electrons. The van der Waals surface area contributed by atoms with Crippen molar-refractivity contribution in [2.75, 3.05) is 13.7 Å². The molecule has 1 aliphatic heterocycles. The highest BCUT2D eigenvalue weighted by Gasteiger charge is 2.29. The van der Waals surface area contributed by atoms with Gasteiger partial charge in [-0.3, -0.25) is 14.9 Å². The van der Waals surface area contributed by atoms with Gasteiger partial charge in [-0.05, 0) is 35.9 Å². The van der Waals surface area contributed by atoms with Gasteiger partial charge in [0.05, 0.1) is 13.7 Å². The molecule has 0 spiro atoms. The Hall–Kier alpha value is -4.25. The summed E-state index contributed by atoms with van der Waals surface area (Å²) in [6.45, 7) is 0.568. The van der Waals surface area contributed by atoms with Crippen molar-refractivity contribution in [2.45, 2.75) is 12.6 Å². The van der Waals surface area contributed by atoms with E-state index in [2.05, 4.69) is 22.1 Å². The molecule has 0 aliphatic carbocycles. The van der Waals surface area contributed by atoms with Gasteiger partial charge in [-0.15, -0.1) is 0 Å². The van der Waals surface area contributed by atoms with Gasteiger partial charge in [0, 0.05) is 34.8 Å². The first-order valence-electron chi connectivity index (χ1n) is 9.63. The fourth-order valence-electron chi connectivity index (χ4n) is 3.58. The summed E-state index contributed by atoms with van der Waals surface area (Å²) < 4.78 is 5.21. The molecule has 2 aromatic carbocycles. The Morgan fingerprint density at radius 2 is 2.19 bits per heavy atom. The van der Waals surface area contributed by atoms with Gasteiger partial charge in [-0.25, -0.2) is 4.79 Å². The van der Waals surface area contributed by atoms with E-state index in [0.717, 1.165) is 22.0 Å². The van der Waals surface area contributed by atoms with Crippen molar-refractivity contribution in [3.05, 3.63) is 65.4 Å². The van der Waals surface area contributed by atoms with E-state index in [9.17, 15) is 14.4 Å². The molecule has 0 bridgehead atoms. The van der Waals surface area contributed by atoms with E-state index in [0.29, 0.717) is 24.3 Å². The van der Waals surface area contributed by atoms with Crippen LogP contribution in [-0.4, -0.2) is 47.9 Å². The number of aromatic nitrogens is 1. The fourth-order valence-corrected chi connectivity index (χ4v) is 3.58. The topological polar surface area (TPSA) is 104 Å². The molecule has 2 heterocycles. The number of methoxy groups -OCH3 is 1. The van der Waals surface area contributed by atoms with Crippen molar-refractivity contribution in [2.24, 2.45) is 0 Å². The van der Waals surface area contributed by atoms with Gasteiger partial charge in [0.2, 0.25) is 6.41 Å². The number of amides is 4. The predicted molar refractivity (Wildman–Crippen MR) is 114 cm³/mol. The van der Waals surface area contributed by atoms with Gasteiger partial charge in [-0.1, -0.05) is 24.0 Å². The number of rotatable bonds is 5. The third kappa shape index (κ3) is 4.21. The molecule has 4 amide bonds. The van der Waals surface area contributed by atoms with Crippen molar-refractivity contribution < 1.29 is 19.1 Å². The molecule has 1 aliphatic rings. The molecule has 8 nitrogen and oxygen atoms in total. The van der Waals surface area contributed by atoms with E-state index in [4.69, 9.17) is 4.74 Å². The van der Waals surface area contributed by atoms with Crippen LogP contribution in [0, 0.1) is 11.8 Å². The largest absolute Gasteiger partial charge is 0.497 e. The van der Waals surface area contributed by atoms with Gasteiger partial charge in [0.1, 0.15) is 11.8 Å². The quantitative estimate of drug-likeness (QED) is 0.437. The fraction of sp³-hybridized carbons (Fsp3) is 0.174. The third-order valence-electron chi connectivity index (χ3n) is 5.07. The van der Waals surface area contributed by atoms with Crippen LogP contribution in [0.25, 0.3) is 10.9 Å². The predicted octanol–water partition coefficient (Wildman–Crippen LogP) is 2.01. The molecule has 0 unspecified atom stereocenters. The van der Waals surface area contributed by atoms with E-state index in [-0.39, 0.29) is 12.5 Å². The zero-order valence-corrected chi connectivity index (χ0v) is 16.8. The summed E-state index contributed by atoms with van der Waals surface area (Å²) in [5.74, 6) is 6.57. The maximum Gasteiger partial charge on any atom is 0.322 e. The number of urea groups is 1. The lowest BCUT2D eigenvalue weighted by molar-refractivity contribution is -0.108. The number of fused-ring (bicyclic) bond motifs is 2. The number of carbonyl (C=O) groups excluding carboxylic acids is 3. The third-order valence-corrected chi connectivity index (χ3v) is 5.07. The molecule has 1 aromatic heterocycles. The summed E-state index contributed by atoms with van der Waals surface area (Å²) in [5, 5.41) is 5.65. The Balaban J connectivity index is 1.58. The van der Waals surface area contributed by atoms with Crippen LogP contribution in [0.5, 0.6) is 5.75 Å². The van der Waals surface area contributed by atoms with Gasteiger partial charge >= 0.3 is 6.03 Å². The second kappa shape index (κ2) is 8.63. The van der Waals surface area contributed by atoms with E-state index in [1.54, 1.807) is 24.1 Å². The van der Waals surface area contributed by atoms with Crippen molar-refractivity contribution in [3.63, 3.8) is 0 Å². The van der Waals surface area contributed by atoms with E-state index < -0.39 is 12.1 Å². The Morgan fingerprint density at radius 1 is 1.32 bits per heavy atom. The van der Waals surface area contributed by atoms with Gasteiger partial charge < -0.3 is 19.9 Å². The normalized spacial score (nSPS) is 13.2. The molecule has 3 N–H and O–H groups in total. The molecule has 4 rings (SSSR count). The molecule has 1 atom stereocenters. The minimum absolute atomic E-state index is 0.161. The number of carbonyl (C=O) groups is 3. The molecule has 0 fully saturated rings. The van der Waals surface area contributed by atoms with Crippen molar-refractivity contribution in [1.82, 2.24) is 20.5 Å². The summed E-state index contributed by atoms with van der Waals surface area (Å²) in [6.07, 6.45) is 2.13. The highest BCUT2D eigenvalue weighted by atomic mass is 16.5. The summed E-state index contributed by atoms with van der Waals surface area (Å²) in [7, 11) is 1.55. The minimum Gasteiger partial charge on any atom is -0.497 e. The van der Waals surface area contributed by atoms with Gasteiger partial charge in [0.15, 0.2) is 0 Å². The number of ether oxygens (including phenoxy) is 1. The Bertz CT molecular complexity index is 1220. The second-order valence-corrected chi connectivity index (χ2v) is 7.01. The lowest BCUT2D eigenvalue weighted by atomic mass is 10.1. The summed E-state index contributed by atoms with van der Waals surface area (Å²) in [5.41, 5.74) is 3.20. The van der Waals surface area contributed by atoms with Crippen LogP contribution in [0.4, 0.5) is 4.79 Å². The molecule has 0 saturated carbocycles. The molecule has 3 aromatic rings. The molecule has 0 saturated heterocycles. The van der Waals surface area contributed by atoms with Crippen molar-refractivity contribution >= 4 is 29.3 Å². The first-order valence-corrected chi connectivity index (χ1v) is 9.63. The first-order chi connectivity index (χ1) is 15.1. The number of nitrogens with one attached hydrogen (secondary N) is 3.